The normalized spacial score (nSPS) is 19.0. The Bertz CT molecular complexity index is 1000. The van der Waals surface area contributed by atoms with Crippen LogP contribution >= 0.6 is 23.4 Å². The fraction of sp³-hybridized carbons (Fsp3) is 0.391. The van der Waals surface area contributed by atoms with Crippen molar-refractivity contribution in [3.05, 3.63) is 52.5 Å². The first-order chi connectivity index (χ1) is 14.5. The van der Waals surface area contributed by atoms with Crippen LogP contribution in [0, 0.1) is 5.41 Å². The number of aliphatic carboxylic acids is 1. The summed E-state index contributed by atoms with van der Waals surface area (Å²) in [6.07, 6.45) is -0.303. The Balaban J connectivity index is 2.24. The van der Waals surface area contributed by atoms with Crippen molar-refractivity contribution in [1.29, 1.82) is 0 Å². The topological polar surface area (TPSA) is 87.1 Å². The quantitative estimate of drug-likeness (QED) is 0.640. The maximum absolute atomic E-state index is 13.5. The Morgan fingerprint density at radius 1 is 1.19 bits per heavy atom. The highest BCUT2D eigenvalue weighted by molar-refractivity contribution is 8.01. The van der Waals surface area contributed by atoms with Crippen LogP contribution in [0.5, 0.6) is 11.5 Å². The van der Waals surface area contributed by atoms with Gasteiger partial charge in [0.2, 0.25) is 5.91 Å². The monoisotopic (exact) mass is 463 g/mol. The predicted molar refractivity (Wildman–Crippen MR) is 123 cm³/mol. The van der Waals surface area contributed by atoms with Gasteiger partial charge in [0.1, 0.15) is 11.5 Å². The second-order valence-electron chi connectivity index (χ2n) is 8.72. The van der Waals surface area contributed by atoms with Gasteiger partial charge in [-0.25, -0.2) is 0 Å². The van der Waals surface area contributed by atoms with Gasteiger partial charge < -0.3 is 19.8 Å². The van der Waals surface area contributed by atoms with Crippen molar-refractivity contribution in [1.82, 2.24) is 0 Å². The number of carbonyl (C=O) groups is 2. The summed E-state index contributed by atoms with van der Waals surface area (Å²) in [5, 5.41) is 18.7. The summed E-state index contributed by atoms with van der Waals surface area (Å²) in [5.41, 5.74) is 2.02. The number of carboxylic acid groups (broad SMARTS) is 1. The van der Waals surface area contributed by atoms with Crippen LogP contribution in [0.2, 0.25) is 5.02 Å². The van der Waals surface area contributed by atoms with Gasteiger partial charge in [-0.05, 0) is 35.2 Å². The van der Waals surface area contributed by atoms with Crippen LogP contribution in [-0.4, -0.2) is 41.0 Å². The molecule has 31 heavy (non-hydrogen) atoms. The van der Waals surface area contributed by atoms with E-state index < -0.39 is 16.5 Å². The second-order valence-corrected chi connectivity index (χ2v) is 10.5. The molecule has 1 aliphatic rings. The molecular formula is C23H26ClNO5S. The number of hydrogen-bond donors (Lipinski definition) is 2. The highest BCUT2D eigenvalue weighted by Gasteiger charge is 2.39. The number of phenols is 1. The van der Waals surface area contributed by atoms with Crippen molar-refractivity contribution in [3.8, 4) is 11.5 Å². The largest absolute Gasteiger partial charge is 0.508 e. The lowest BCUT2D eigenvalue weighted by atomic mass is 9.94. The van der Waals surface area contributed by atoms with Crippen molar-refractivity contribution < 1.29 is 24.5 Å². The number of thioether (sulfide) groups is 1. The number of rotatable bonds is 5. The molecular weight excluding hydrogens is 438 g/mol. The molecule has 0 aromatic heterocycles. The van der Waals surface area contributed by atoms with Crippen molar-refractivity contribution in [2.75, 3.05) is 18.6 Å². The van der Waals surface area contributed by atoms with Crippen LogP contribution in [-0.2, 0) is 9.59 Å². The number of hydrogen-bond acceptors (Lipinski definition) is 5. The van der Waals surface area contributed by atoms with E-state index in [1.165, 1.54) is 24.9 Å². The van der Waals surface area contributed by atoms with Gasteiger partial charge in [-0.3, -0.25) is 9.59 Å². The first-order valence-electron chi connectivity index (χ1n) is 9.85. The number of methoxy groups -OCH3 is 1. The molecule has 0 spiro atoms. The maximum Gasteiger partial charge on any atom is 0.305 e. The predicted octanol–water partition coefficient (Wildman–Crippen LogP) is 5.11. The minimum atomic E-state index is -1.04. The molecule has 0 aliphatic carbocycles. The van der Waals surface area contributed by atoms with Gasteiger partial charge in [-0.1, -0.05) is 38.4 Å². The van der Waals surface area contributed by atoms with E-state index in [4.69, 9.17) is 16.3 Å². The van der Waals surface area contributed by atoms with Crippen LogP contribution in [0.4, 0.5) is 5.69 Å². The molecule has 1 heterocycles. The fourth-order valence-electron chi connectivity index (χ4n) is 3.66. The molecule has 2 N–H and O–H groups in total. The van der Waals surface area contributed by atoms with E-state index in [1.54, 1.807) is 23.1 Å². The molecule has 2 aromatic carbocycles. The Labute approximate surface area is 191 Å². The summed E-state index contributed by atoms with van der Waals surface area (Å²) in [6, 6.07) is 10.1. The lowest BCUT2D eigenvalue weighted by Crippen LogP contribution is -2.42. The van der Waals surface area contributed by atoms with E-state index >= 15 is 0 Å². The number of aromatic hydroxyl groups is 1. The Morgan fingerprint density at radius 2 is 1.90 bits per heavy atom. The third kappa shape index (κ3) is 5.28. The minimum Gasteiger partial charge on any atom is -0.508 e. The number of carboxylic acids is 1. The Morgan fingerprint density at radius 3 is 2.52 bits per heavy atom. The number of carbonyl (C=O) groups excluding carboxylic acids is 1. The average Bonchev–Trinajstić information content (AvgIpc) is 2.77. The molecule has 2 aromatic rings. The molecule has 3 rings (SSSR count). The molecule has 0 saturated carbocycles. The summed E-state index contributed by atoms with van der Waals surface area (Å²) in [6.45, 7) is 6.51. The third-order valence-corrected chi connectivity index (χ3v) is 6.61. The zero-order chi connectivity index (χ0) is 22.9. The van der Waals surface area contributed by atoms with Gasteiger partial charge in [-0.15, -0.1) is 11.8 Å². The van der Waals surface area contributed by atoms with Crippen LogP contribution in [0.25, 0.3) is 0 Å². The lowest BCUT2D eigenvalue weighted by Gasteiger charge is -2.31. The maximum atomic E-state index is 13.5. The van der Waals surface area contributed by atoms with Crippen LogP contribution in [0.1, 0.15) is 43.6 Å². The van der Waals surface area contributed by atoms with Gasteiger partial charge >= 0.3 is 5.97 Å². The van der Waals surface area contributed by atoms with Crippen molar-refractivity contribution >= 4 is 40.9 Å². The van der Waals surface area contributed by atoms with Gasteiger partial charge in [0.15, 0.2) is 0 Å². The van der Waals surface area contributed by atoms with Crippen LogP contribution < -0.4 is 9.64 Å². The molecule has 0 saturated heterocycles. The van der Waals surface area contributed by atoms with E-state index in [1.807, 2.05) is 32.9 Å². The lowest BCUT2D eigenvalue weighted by molar-refractivity contribution is -0.138. The minimum absolute atomic E-state index is 0.0538. The molecule has 1 aliphatic heterocycles. The molecule has 1 amide bonds. The number of halogens is 1. The summed E-state index contributed by atoms with van der Waals surface area (Å²) in [5.74, 6) is -0.777. The van der Waals surface area contributed by atoms with E-state index in [0.717, 1.165) is 11.1 Å². The van der Waals surface area contributed by atoms with Crippen molar-refractivity contribution in [2.45, 2.75) is 37.7 Å². The first-order valence-corrected chi connectivity index (χ1v) is 11.2. The molecule has 0 unspecified atom stereocenters. The standard InChI is InChI=1S/C23H26ClNO5S/c1-23(2,3)12-25-17-8-5-13(24)9-16(17)21(31-19(22(25)29)11-20(27)28)15-7-6-14(26)10-18(15)30-4/h5-10,19,21,26H,11-12H2,1-4H3,(H,27,28)/t19-,21-/m1/s1. The SMILES string of the molecule is COc1cc(O)ccc1[C@H]1S[C@H](CC(=O)O)C(=O)N(CC(C)(C)C)c2ccc(Cl)cc21. The van der Waals surface area contributed by atoms with Gasteiger partial charge in [0.05, 0.1) is 24.0 Å². The average molecular weight is 464 g/mol. The van der Waals surface area contributed by atoms with Gasteiger partial charge in [0, 0.05) is 28.9 Å². The summed E-state index contributed by atoms with van der Waals surface area (Å²) < 4.78 is 5.49. The van der Waals surface area contributed by atoms with E-state index in [9.17, 15) is 19.8 Å². The zero-order valence-electron chi connectivity index (χ0n) is 17.9. The highest BCUT2D eigenvalue weighted by Crippen LogP contribution is 2.50. The van der Waals surface area contributed by atoms with Crippen LogP contribution in [0.3, 0.4) is 0 Å². The molecule has 0 radical (unpaired) electrons. The summed E-state index contributed by atoms with van der Waals surface area (Å²) >= 11 is 7.61. The highest BCUT2D eigenvalue weighted by atomic mass is 35.5. The molecule has 0 fully saturated rings. The number of ether oxygens (including phenoxy) is 1. The van der Waals surface area contributed by atoms with E-state index in [-0.39, 0.29) is 23.5 Å². The molecule has 6 nitrogen and oxygen atoms in total. The fourth-order valence-corrected chi connectivity index (χ4v) is 5.33. The molecule has 8 heteroatoms. The summed E-state index contributed by atoms with van der Waals surface area (Å²) in [7, 11) is 1.50. The van der Waals surface area contributed by atoms with Gasteiger partial charge in [0.25, 0.3) is 0 Å². The number of fused-ring (bicyclic) bond motifs is 1. The van der Waals surface area contributed by atoms with Crippen molar-refractivity contribution in [3.63, 3.8) is 0 Å². The number of benzene rings is 2. The molecule has 0 bridgehead atoms. The number of amides is 1. The van der Waals surface area contributed by atoms with E-state index in [0.29, 0.717) is 23.0 Å². The number of nitrogens with zero attached hydrogens (tertiary/aromatic N) is 1. The third-order valence-electron chi connectivity index (χ3n) is 4.90. The Hall–Kier alpha value is -2.38. The van der Waals surface area contributed by atoms with Gasteiger partial charge in [-0.2, -0.15) is 0 Å². The van der Waals surface area contributed by atoms with Crippen LogP contribution in [0.15, 0.2) is 36.4 Å². The van der Waals surface area contributed by atoms with Crippen molar-refractivity contribution in [2.24, 2.45) is 5.41 Å². The molecule has 2 atom stereocenters. The van der Waals surface area contributed by atoms with E-state index in [2.05, 4.69) is 0 Å². The second kappa shape index (κ2) is 9.01. The number of anilines is 1. The summed E-state index contributed by atoms with van der Waals surface area (Å²) in [4.78, 5) is 26.8. The Kier molecular flexibility index (Phi) is 6.76. The number of phenolic OH excluding ortho intramolecular Hbond substituents is 1. The first kappa shape index (κ1) is 23.3. The zero-order valence-corrected chi connectivity index (χ0v) is 19.5. The smallest absolute Gasteiger partial charge is 0.305 e. The molecule has 166 valence electrons.